The zero-order valence-electron chi connectivity index (χ0n) is 10.6. The molecule has 2 rings (SSSR count). The minimum Gasteiger partial charge on any atom is -0.410 e. The van der Waals surface area contributed by atoms with Crippen molar-refractivity contribution in [2.75, 3.05) is 12.3 Å². The summed E-state index contributed by atoms with van der Waals surface area (Å²) in [6.45, 7) is 1.20. The number of carbonyl (C=O) groups excluding carboxylic acids is 1. The molecule has 20 heavy (non-hydrogen) atoms. The minimum atomic E-state index is -0.483. The Labute approximate surface area is 119 Å². The van der Waals surface area contributed by atoms with Crippen LogP contribution < -0.4 is 11.1 Å². The van der Waals surface area contributed by atoms with E-state index in [4.69, 9.17) is 10.9 Å². The van der Waals surface area contributed by atoms with Gasteiger partial charge < -0.3 is 20.8 Å². The maximum Gasteiger partial charge on any atom is 0.275 e. The first-order chi connectivity index (χ1) is 9.70. The van der Waals surface area contributed by atoms with Crippen molar-refractivity contribution in [1.82, 2.24) is 19.9 Å². The molecule has 0 fully saturated rings. The lowest BCUT2D eigenvalue weighted by Gasteiger charge is -2.05. The summed E-state index contributed by atoms with van der Waals surface area (Å²) in [6, 6.07) is 0. The van der Waals surface area contributed by atoms with Crippen LogP contribution in [0.15, 0.2) is 29.3 Å². The van der Waals surface area contributed by atoms with Crippen molar-refractivity contribution in [3.63, 3.8) is 0 Å². The topological polar surface area (TPSA) is 118 Å². The Balaban J connectivity index is 1.81. The summed E-state index contributed by atoms with van der Waals surface area (Å²) < 4.78 is 1.91. The number of nitrogens with zero attached hydrogens (tertiary/aromatic N) is 4. The number of thiazole rings is 1. The van der Waals surface area contributed by atoms with E-state index in [9.17, 15) is 4.79 Å². The molecule has 0 saturated carbocycles. The number of rotatable bonds is 6. The number of carbonyl (C=O) groups is 1. The third-order valence-corrected chi connectivity index (χ3v) is 3.19. The Morgan fingerprint density at radius 3 is 3.05 bits per heavy atom. The van der Waals surface area contributed by atoms with Gasteiger partial charge in [0, 0.05) is 30.9 Å². The highest BCUT2D eigenvalue weighted by molar-refractivity contribution is 7.13. The first kappa shape index (κ1) is 14.0. The molecule has 2 aromatic heterocycles. The van der Waals surface area contributed by atoms with Gasteiger partial charge in [-0.1, -0.05) is 5.16 Å². The van der Waals surface area contributed by atoms with Gasteiger partial charge in [0.1, 0.15) is 5.69 Å². The van der Waals surface area contributed by atoms with Crippen molar-refractivity contribution < 1.29 is 10.0 Å². The molecule has 0 bridgehead atoms. The molecular weight excluding hydrogens is 280 g/mol. The van der Waals surface area contributed by atoms with E-state index in [1.165, 1.54) is 11.3 Å². The summed E-state index contributed by atoms with van der Waals surface area (Å²) in [7, 11) is 0. The number of hydrogen-bond acceptors (Lipinski definition) is 7. The molecule has 0 saturated heterocycles. The number of oxime groups is 1. The highest BCUT2D eigenvalue weighted by Gasteiger charge is 2.17. The first-order valence-corrected chi connectivity index (χ1v) is 6.76. The number of anilines is 1. The summed E-state index contributed by atoms with van der Waals surface area (Å²) >= 11 is 1.18. The predicted molar refractivity (Wildman–Crippen MR) is 74.7 cm³/mol. The van der Waals surface area contributed by atoms with Crippen molar-refractivity contribution >= 4 is 28.1 Å². The largest absolute Gasteiger partial charge is 0.410 e. The van der Waals surface area contributed by atoms with Gasteiger partial charge in [-0.05, 0) is 6.42 Å². The molecular formula is C11H14N6O2S. The van der Waals surface area contributed by atoms with Crippen LogP contribution in [0, 0.1) is 0 Å². The Hall–Kier alpha value is -2.42. The molecule has 8 nitrogen and oxygen atoms in total. The van der Waals surface area contributed by atoms with E-state index in [1.54, 1.807) is 17.9 Å². The number of nitrogens with two attached hydrogens (primary N) is 1. The molecule has 2 heterocycles. The Morgan fingerprint density at radius 2 is 2.45 bits per heavy atom. The summed E-state index contributed by atoms with van der Waals surface area (Å²) in [4.78, 5) is 19.7. The fraction of sp³-hybridized carbons (Fsp3) is 0.273. The lowest BCUT2D eigenvalue weighted by atomic mass is 10.2. The Morgan fingerprint density at radius 1 is 1.60 bits per heavy atom. The van der Waals surface area contributed by atoms with Crippen LogP contribution in [0.1, 0.15) is 12.1 Å². The number of imidazole rings is 1. The number of amides is 1. The van der Waals surface area contributed by atoms with Crippen LogP contribution >= 0.6 is 11.3 Å². The van der Waals surface area contributed by atoms with Gasteiger partial charge in [-0.2, -0.15) is 0 Å². The van der Waals surface area contributed by atoms with Gasteiger partial charge in [-0.3, -0.25) is 4.79 Å². The SMILES string of the molecule is Nc1nc(C(=NO)C(=O)NCCCn2ccnc2)cs1. The van der Waals surface area contributed by atoms with Gasteiger partial charge >= 0.3 is 0 Å². The fourth-order valence-electron chi connectivity index (χ4n) is 1.58. The standard InChI is InChI=1S/C11H14N6O2S/c12-11-15-8(6-20-11)9(16-19)10(18)14-2-1-4-17-5-3-13-7-17/h3,5-7,19H,1-2,4H2,(H2,12,15)(H,14,18). The fourth-order valence-corrected chi connectivity index (χ4v) is 2.12. The zero-order chi connectivity index (χ0) is 14.4. The van der Waals surface area contributed by atoms with Crippen molar-refractivity contribution in [3.05, 3.63) is 29.8 Å². The van der Waals surface area contributed by atoms with E-state index in [0.717, 1.165) is 13.0 Å². The van der Waals surface area contributed by atoms with Crippen LogP contribution in [0.5, 0.6) is 0 Å². The summed E-state index contributed by atoms with van der Waals surface area (Å²) in [5, 5.41) is 16.4. The average molecular weight is 294 g/mol. The maximum atomic E-state index is 11.8. The molecule has 2 aromatic rings. The molecule has 9 heteroatoms. The van der Waals surface area contributed by atoms with Gasteiger partial charge in [0.15, 0.2) is 10.8 Å². The molecule has 1 amide bonds. The lowest BCUT2D eigenvalue weighted by Crippen LogP contribution is -2.33. The zero-order valence-corrected chi connectivity index (χ0v) is 11.4. The van der Waals surface area contributed by atoms with Crippen molar-refractivity contribution in [2.45, 2.75) is 13.0 Å². The third-order valence-electron chi connectivity index (χ3n) is 2.52. The number of nitrogen functional groups attached to an aromatic ring is 1. The van der Waals surface area contributed by atoms with Crippen molar-refractivity contribution in [1.29, 1.82) is 0 Å². The van der Waals surface area contributed by atoms with E-state index in [1.807, 2.05) is 10.8 Å². The van der Waals surface area contributed by atoms with Crippen LogP contribution in [0.25, 0.3) is 0 Å². The van der Waals surface area contributed by atoms with E-state index >= 15 is 0 Å². The molecule has 4 N–H and O–H groups in total. The number of hydrogen-bond donors (Lipinski definition) is 3. The molecule has 0 aliphatic carbocycles. The first-order valence-electron chi connectivity index (χ1n) is 5.88. The number of aromatic nitrogens is 3. The summed E-state index contributed by atoms with van der Waals surface area (Å²) in [5.74, 6) is -0.483. The third kappa shape index (κ3) is 3.54. The van der Waals surface area contributed by atoms with Gasteiger partial charge in [0.2, 0.25) is 0 Å². The summed E-state index contributed by atoms with van der Waals surface area (Å²) in [5.41, 5.74) is 5.60. The van der Waals surface area contributed by atoms with Crippen LogP contribution in [0.2, 0.25) is 0 Å². The van der Waals surface area contributed by atoms with Crippen LogP contribution in [0.3, 0.4) is 0 Å². The minimum absolute atomic E-state index is 0.138. The molecule has 0 radical (unpaired) electrons. The second kappa shape index (κ2) is 6.66. The van der Waals surface area contributed by atoms with Gasteiger partial charge in [-0.25, -0.2) is 9.97 Å². The normalized spacial score (nSPS) is 11.5. The van der Waals surface area contributed by atoms with E-state index in [0.29, 0.717) is 11.7 Å². The molecule has 0 aliphatic rings. The van der Waals surface area contributed by atoms with Gasteiger partial charge in [0.25, 0.3) is 5.91 Å². The maximum absolute atomic E-state index is 11.8. The van der Waals surface area contributed by atoms with Crippen molar-refractivity contribution in [3.8, 4) is 0 Å². The second-order valence-electron chi connectivity index (χ2n) is 3.93. The predicted octanol–water partition coefficient (Wildman–Crippen LogP) is 0.307. The highest BCUT2D eigenvalue weighted by Crippen LogP contribution is 2.11. The summed E-state index contributed by atoms with van der Waals surface area (Å²) in [6.07, 6.45) is 5.99. The quantitative estimate of drug-likeness (QED) is 0.306. The highest BCUT2D eigenvalue weighted by atomic mass is 32.1. The Kier molecular flexibility index (Phi) is 4.66. The lowest BCUT2D eigenvalue weighted by molar-refractivity contribution is -0.114. The number of nitrogens with one attached hydrogen (secondary N) is 1. The smallest absolute Gasteiger partial charge is 0.275 e. The molecule has 0 atom stereocenters. The molecule has 0 spiro atoms. The van der Waals surface area contributed by atoms with Gasteiger partial charge in [0.05, 0.1) is 6.33 Å². The van der Waals surface area contributed by atoms with E-state index < -0.39 is 5.91 Å². The van der Waals surface area contributed by atoms with Crippen LogP contribution in [-0.2, 0) is 11.3 Å². The molecule has 106 valence electrons. The van der Waals surface area contributed by atoms with E-state index in [-0.39, 0.29) is 11.4 Å². The van der Waals surface area contributed by atoms with Gasteiger partial charge in [-0.15, -0.1) is 11.3 Å². The van der Waals surface area contributed by atoms with E-state index in [2.05, 4.69) is 20.4 Å². The second-order valence-corrected chi connectivity index (χ2v) is 4.82. The molecule has 0 unspecified atom stereocenters. The Bertz CT molecular complexity index is 592. The molecule has 0 aromatic carbocycles. The molecule has 0 aliphatic heterocycles. The number of aryl methyl sites for hydroxylation is 1. The van der Waals surface area contributed by atoms with Crippen molar-refractivity contribution in [2.24, 2.45) is 5.16 Å². The average Bonchev–Trinajstić information content (AvgIpc) is 3.07. The monoisotopic (exact) mass is 294 g/mol. The van der Waals surface area contributed by atoms with Crippen LogP contribution in [-0.4, -0.2) is 37.9 Å². The van der Waals surface area contributed by atoms with Crippen LogP contribution in [0.4, 0.5) is 5.13 Å².